The number of rotatable bonds is 7. The summed E-state index contributed by atoms with van der Waals surface area (Å²) in [4.78, 5) is 5.99. The Hall–Kier alpha value is -1.94. The molecule has 0 amide bonds. The third-order valence-corrected chi connectivity index (χ3v) is 4.60. The number of hydrogen-bond donors (Lipinski definition) is 3. The van der Waals surface area contributed by atoms with Crippen LogP contribution in [-0.2, 0) is 10.0 Å². The monoisotopic (exact) mass is 389 g/mol. The lowest BCUT2D eigenvalue weighted by Crippen LogP contribution is -2.45. The van der Waals surface area contributed by atoms with Gasteiger partial charge in [-0.2, -0.15) is 0 Å². The summed E-state index contributed by atoms with van der Waals surface area (Å²) >= 11 is 0. The third-order valence-electron chi connectivity index (χ3n) is 3.87. The molecule has 1 aromatic carbocycles. The summed E-state index contributed by atoms with van der Waals surface area (Å²) in [5.74, 6) is -0.597. The first kappa shape index (κ1) is 20.4. The Morgan fingerprint density at radius 3 is 2.65 bits per heavy atom. The average Bonchev–Trinajstić information content (AvgIpc) is 2.99. The number of para-hydroxylation sites is 1. The lowest BCUT2D eigenvalue weighted by atomic mass is 10.2. The van der Waals surface area contributed by atoms with Crippen LogP contribution in [0.15, 0.2) is 23.2 Å². The summed E-state index contributed by atoms with van der Waals surface area (Å²) in [5, 5.41) is 6.31. The molecule has 0 saturated carbocycles. The molecule has 146 valence electrons. The minimum atomic E-state index is -3.24. The Kier molecular flexibility index (Phi) is 7.15. The smallest absolute Gasteiger partial charge is 0.208 e. The van der Waals surface area contributed by atoms with E-state index in [0.717, 1.165) is 6.26 Å². The first-order chi connectivity index (χ1) is 12.3. The van der Waals surface area contributed by atoms with Gasteiger partial charge in [0.2, 0.25) is 10.0 Å². The van der Waals surface area contributed by atoms with E-state index in [2.05, 4.69) is 20.3 Å². The van der Waals surface area contributed by atoms with Gasteiger partial charge < -0.3 is 15.5 Å². The van der Waals surface area contributed by atoms with E-state index in [9.17, 15) is 17.2 Å². The number of aliphatic imine (C=N–C) groups is 1. The topological polar surface area (TPSA) is 85.8 Å². The van der Waals surface area contributed by atoms with Crippen LogP contribution in [0, 0.1) is 11.6 Å². The number of halogens is 2. The second kappa shape index (κ2) is 9.13. The van der Waals surface area contributed by atoms with Crippen LogP contribution < -0.4 is 20.3 Å². The summed E-state index contributed by atoms with van der Waals surface area (Å²) in [6.07, 6.45) is 1.80. The van der Waals surface area contributed by atoms with Gasteiger partial charge in [-0.25, -0.2) is 21.9 Å². The second-order valence-corrected chi connectivity index (χ2v) is 7.91. The van der Waals surface area contributed by atoms with E-state index in [4.69, 9.17) is 0 Å². The molecule has 0 aromatic heterocycles. The van der Waals surface area contributed by atoms with Crippen molar-refractivity contribution in [2.75, 3.05) is 43.9 Å². The van der Waals surface area contributed by atoms with Gasteiger partial charge >= 0.3 is 0 Å². The Morgan fingerprint density at radius 2 is 2.04 bits per heavy atom. The minimum Gasteiger partial charge on any atom is -0.365 e. The van der Waals surface area contributed by atoms with Crippen molar-refractivity contribution in [3.63, 3.8) is 0 Å². The van der Waals surface area contributed by atoms with Gasteiger partial charge in [0.25, 0.3) is 0 Å². The van der Waals surface area contributed by atoms with Crippen molar-refractivity contribution in [2.24, 2.45) is 4.99 Å². The number of nitrogens with zero attached hydrogens (tertiary/aromatic N) is 2. The maximum Gasteiger partial charge on any atom is 0.208 e. The zero-order valence-electron chi connectivity index (χ0n) is 14.9. The van der Waals surface area contributed by atoms with Gasteiger partial charge in [0.1, 0.15) is 17.3 Å². The van der Waals surface area contributed by atoms with Crippen LogP contribution in [0.25, 0.3) is 0 Å². The SMILES string of the molecule is CCNC(=NCCNS(C)(=O)=O)NC1CCN(c2c(F)cccc2F)C1. The molecule has 1 aliphatic rings. The standard InChI is InChI=1S/C16H25F2N5O2S/c1-3-19-16(20-8-9-21-26(2,24)25)22-12-7-10-23(11-12)15-13(17)5-4-6-14(15)18/h4-6,12,21H,3,7-11H2,1-2H3,(H2,19,20,22). The minimum absolute atomic E-state index is 0.00362. The molecule has 1 atom stereocenters. The maximum atomic E-state index is 13.9. The van der Waals surface area contributed by atoms with Gasteiger partial charge in [-0.1, -0.05) is 6.07 Å². The molecule has 0 bridgehead atoms. The van der Waals surface area contributed by atoms with Crippen molar-refractivity contribution in [1.82, 2.24) is 15.4 Å². The van der Waals surface area contributed by atoms with E-state index in [1.165, 1.54) is 18.2 Å². The summed E-state index contributed by atoms with van der Waals surface area (Å²) in [6, 6.07) is 3.83. The van der Waals surface area contributed by atoms with Crippen molar-refractivity contribution in [1.29, 1.82) is 0 Å². The largest absolute Gasteiger partial charge is 0.365 e. The molecule has 1 fully saturated rings. The fourth-order valence-electron chi connectivity index (χ4n) is 2.78. The van der Waals surface area contributed by atoms with Crippen molar-refractivity contribution >= 4 is 21.7 Å². The molecule has 3 N–H and O–H groups in total. The van der Waals surface area contributed by atoms with Crippen molar-refractivity contribution in [2.45, 2.75) is 19.4 Å². The van der Waals surface area contributed by atoms with Crippen molar-refractivity contribution < 1.29 is 17.2 Å². The number of guanidine groups is 1. The first-order valence-electron chi connectivity index (χ1n) is 8.48. The highest BCUT2D eigenvalue weighted by Gasteiger charge is 2.27. The highest BCUT2D eigenvalue weighted by Crippen LogP contribution is 2.26. The molecule has 1 aliphatic heterocycles. The van der Waals surface area contributed by atoms with Crippen molar-refractivity contribution in [3.8, 4) is 0 Å². The average molecular weight is 389 g/mol. The third kappa shape index (κ3) is 6.10. The highest BCUT2D eigenvalue weighted by atomic mass is 32.2. The molecule has 26 heavy (non-hydrogen) atoms. The molecule has 7 nitrogen and oxygen atoms in total. The van der Waals surface area contributed by atoms with Crippen LogP contribution in [0.4, 0.5) is 14.5 Å². The van der Waals surface area contributed by atoms with E-state index < -0.39 is 21.7 Å². The van der Waals surface area contributed by atoms with Crippen LogP contribution in [0.5, 0.6) is 0 Å². The van der Waals surface area contributed by atoms with Crippen LogP contribution in [0.2, 0.25) is 0 Å². The fourth-order valence-corrected chi connectivity index (χ4v) is 3.25. The van der Waals surface area contributed by atoms with E-state index in [1.54, 1.807) is 4.90 Å². The molecular formula is C16H25F2N5O2S. The van der Waals surface area contributed by atoms with Crippen LogP contribution in [0.3, 0.4) is 0 Å². The number of sulfonamides is 1. The molecule has 10 heteroatoms. The van der Waals surface area contributed by atoms with Gasteiger partial charge in [-0.3, -0.25) is 4.99 Å². The predicted octanol–water partition coefficient (Wildman–Crippen LogP) is 0.648. The zero-order chi connectivity index (χ0) is 19.2. The number of anilines is 1. The predicted molar refractivity (Wildman–Crippen MR) is 98.9 cm³/mol. The van der Waals surface area contributed by atoms with E-state index in [-0.39, 0.29) is 24.8 Å². The van der Waals surface area contributed by atoms with Gasteiger partial charge in [-0.05, 0) is 25.5 Å². The van der Waals surface area contributed by atoms with E-state index >= 15 is 0 Å². The van der Waals surface area contributed by atoms with Gasteiger partial charge in [0.05, 0.1) is 12.8 Å². The molecule has 0 spiro atoms. The first-order valence-corrected chi connectivity index (χ1v) is 10.4. The molecule has 2 rings (SSSR count). The molecule has 0 radical (unpaired) electrons. The van der Waals surface area contributed by atoms with Crippen LogP contribution in [-0.4, -0.2) is 59.4 Å². The zero-order valence-corrected chi connectivity index (χ0v) is 15.7. The Morgan fingerprint density at radius 1 is 1.35 bits per heavy atom. The Labute approximate surface area is 152 Å². The number of benzene rings is 1. The second-order valence-electron chi connectivity index (χ2n) is 6.07. The van der Waals surface area contributed by atoms with Gasteiger partial charge in [-0.15, -0.1) is 0 Å². The lowest BCUT2D eigenvalue weighted by Gasteiger charge is -2.21. The molecule has 1 heterocycles. The molecule has 1 saturated heterocycles. The van der Waals surface area contributed by atoms with E-state index in [0.29, 0.717) is 32.0 Å². The Bertz CT molecular complexity index is 722. The highest BCUT2D eigenvalue weighted by molar-refractivity contribution is 7.88. The molecule has 1 unspecified atom stereocenters. The van der Waals surface area contributed by atoms with Gasteiger partial charge in [0.15, 0.2) is 5.96 Å². The number of nitrogens with one attached hydrogen (secondary N) is 3. The summed E-state index contributed by atoms with van der Waals surface area (Å²) in [7, 11) is -3.24. The molecule has 0 aliphatic carbocycles. The maximum absolute atomic E-state index is 13.9. The van der Waals surface area contributed by atoms with E-state index in [1.807, 2.05) is 6.92 Å². The summed E-state index contributed by atoms with van der Waals surface area (Å²) < 4.78 is 52.3. The van der Waals surface area contributed by atoms with Crippen LogP contribution >= 0.6 is 0 Å². The lowest BCUT2D eigenvalue weighted by molar-refractivity contribution is 0.575. The summed E-state index contributed by atoms with van der Waals surface area (Å²) in [6.45, 7) is 4.02. The Balaban J connectivity index is 1.93. The molecular weight excluding hydrogens is 364 g/mol. The van der Waals surface area contributed by atoms with Crippen LogP contribution in [0.1, 0.15) is 13.3 Å². The summed E-state index contributed by atoms with van der Waals surface area (Å²) in [5.41, 5.74) is -0.00362. The molecule has 1 aromatic rings. The normalized spacial score (nSPS) is 18.2. The fraction of sp³-hybridized carbons (Fsp3) is 0.562. The number of hydrogen-bond acceptors (Lipinski definition) is 4. The van der Waals surface area contributed by atoms with Gasteiger partial charge in [0, 0.05) is 32.2 Å². The van der Waals surface area contributed by atoms with Crippen molar-refractivity contribution in [3.05, 3.63) is 29.8 Å². The quantitative estimate of drug-likeness (QED) is 0.362.